The number of hydroxylamine groups is 2. The van der Waals surface area contributed by atoms with Crippen molar-refractivity contribution < 1.29 is 19.4 Å². The minimum Gasteiger partial charge on any atom is -0.347 e. The van der Waals surface area contributed by atoms with Crippen molar-refractivity contribution in [2.45, 2.75) is 19.9 Å². The Labute approximate surface area is 130 Å². The van der Waals surface area contributed by atoms with Crippen LogP contribution in [-0.2, 0) is 27.1 Å². The first-order valence-corrected chi connectivity index (χ1v) is 9.87. The molecule has 0 atom stereocenters. The SMILES string of the molecule is CCc1cccc(CN(O)C(=O)CNC(=O)CP(C)(C)=O)c1. The van der Waals surface area contributed by atoms with Crippen molar-refractivity contribution in [2.24, 2.45) is 0 Å². The Hall–Kier alpha value is -1.65. The second-order valence-corrected chi connectivity index (χ2v) is 9.10. The fourth-order valence-corrected chi connectivity index (χ4v) is 2.68. The molecule has 0 bridgehead atoms. The first-order valence-electron chi connectivity index (χ1n) is 7.09. The molecule has 1 rings (SSSR count). The van der Waals surface area contributed by atoms with Gasteiger partial charge in [0.1, 0.15) is 0 Å². The molecule has 0 saturated heterocycles. The van der Waals surface area contributed by atoms with E-state index < -0.39 is 19.0 Å². The number of aryl methyl sites for hydroxylation is 1. The highest BCUT2D eigenvalue weighted by Crippen LogP contribution is 2.34. The molecule has 0 fully saturated rings. The first-order chi connectivity index (χ1) is 10.2. The van der Waals surface area contributed by atoms with Gasteiger partial charge in [-0.25, -0.2) is 5.06 Å². The maximum atomic E-state index is 11.8. The van der Waals surface area contributed by atoms with Crippen LogP contribution in [-0.4, -0.2) is 48.1 Å². The van der Waals surface area contributed by atoms with Gasteiger partial charge in [0.05, 0.1) is 26.4 Å². The topological polar surface area (TPSA) is 86.7 Å². The number of rotatable bonds is 7. The van der Waals surface area contributed by atoms with Crippen molar-refractivity contribution in [3.63, 3.8) is 0 Å². The van der Waals surface area contributed by atoms with Crippen molar-refractivity contribution in [3.05, 3.63) is 35.4 Å². The number of hydrogen-bond donors (Lipinski definition) is 2. The maximum absolute atomic E-state index is 11.8. The number of amides is 2. The van der Waals surface area contributed by atoms with Crippen LogP contribution in [0.1, 0.15) is 18.1 Å². The molecule has 0 aliphatic carbocycles. The number of benzene rings is 1. The number of nitrogens with one attached hydrogen (secondary N) is 1. The third-order valence-electron chi connectivity index (χ3n) is 2.98. The fourth-order valence-electron chi connectivity index (χ4n) is 1.88. The van der Waals surface area contributed by atoms with Crippen molar-refractivity contribution in [1.82, 2.24) is 10.4 Å². The van der Waals surface area contributed by atoms with Gasteiger partial charge in [-0.05, 0) is 30.9 Å². The summed E-state index contributed by atoms with van der Waals surface area (Å²) in [6.45, 7) is 4.78. The van der Waals surface area contributed by atoms with E-state index in [9.17, 15) is 19.4 Å². The average molecular weight is 326 g/mol. The van der Waals surface area contributed by atoms with Crippen LogP contribution in [0.25, 0.3) is 0 Å². The van der Waals surface area contributed by atoms with Gasteiger partial charge in [0, 0.05) is 0 Å². The van der Waals surface area contributed by atoms with Crippen LogP contribution in [0, 0.1) is 0 Å². The Balaban J connectivity index is 2.48. The smallest absolute Gasteiger partial charge is 0.265 e. The van der Waals surface area contributed by atoms with E-state index in [2.05, 4.69) is 5.32 Å². The van der Waals surface area contributed by atoms with Crippen LogP contribution in [0.2, 0.25) is 0 Å². The van der Waals surface area contributed by atoms with Crippen LogP contribution in [0.3, 0.4) is 0 Å². The minimum atomic E-state index is -2.47. The second-order valence-electron chi connectivity index (χ2n) is 5.63. The van der Waals surface area contributed by atoms with E-state index in [0.29, 0.717) is 5.06 Å². The van der Waals surface area contributed by atoms with E-state index >= 15 is 0 Å². The summed E-state index contributed by atoms with van der Waals surface area (Å²) < 4.78 is 11.5. The summed E-state index contributed by atoms with van der Waals surface area (Å²) in [6.07, 6.45) is 0.765. The summed E-state index contributed by atoms with van der Waals surface area (Å²) in [4.78, 5) is 23.3. The molecule has 1 aromatic rings. The fraction of sp³-hybridized carbons (Fsp3) is 0.467. The lowest BCUT2D eigenvalue weighted by Gasteiger charge is -2.16. The molecule has 7 heteroatoms. The predicted octanol–water partition coefficient (Wildman–Crippen LogP) is 1.71. The Bertz CT molecular complexity index is 583. The molecular weight excluding hydrogens is 303 g/mol. The molecule has 22 heavy (non-hydrogen) atoms. The average Bonchev–Trinajstić information content (AvgIpc) is 2.43. The normalized spacial score (nSPS) is 11.1. The zero-order chi connectivity index (χ0) is 16.8. The van der Waals surface area contributed by atoms with Gasteiger partial charge in [0.25, 0.3) is 5.91 Å². The molecule has 0 heterocycles. The summed E-state index contributed by atoms with van der Waals surface area (Å²) in [5.74, 6) is -1.07. The Morgan fingerprint density at radius 3 is 2.50 bits per heavy atom. The maximum Gasteiger partial charge on any atom is 0.265 e. The van der Waals surface area contributed by atoms with E-state index in [1.165, 1.54) is 13.3 Å². The first kappa shape index (κ1) is 18.4. The lowest BCUT2D eigenvalue weighted by atomic mass is 10.1. The van der Waals surface area contributed by atoms with Crippen LogP contribution >= 0.6 is 7.14 Å². The van der Waals surface area contributed by atoms with E-state index in [0.717, 1.165) is 17.5 Å². The molecule has 2 N–H and O–H groups in total. The molecule has 0 radical (unpaired) electrons. The van der Waals surface area contributed by atoms with E-state index in [1.54, 1.807) is 0 Å². The Kier molecular flexibility index (Phi) is 6.78. The molecule has 0 unspecified atom stereocenters. The van der Waals surface area contributed by atoms with Crippen LogP contribution < -0.4 is 5.32 Å². The lowest BCUT2D eigenvalue weighted by molar-refractivity contribution is -0.167. The van der Waals surface area contributed by atoms with Crippen molar-refractivity contribution in [3.8, 4) is 0 Å². The van der Waals surface area contributed by atoms with Crippen molar-refractivity contribution >= 4 is 19.0 Å². The lowest BCUT2D eigenvalue weighted by Crippen LogP contribution is -2.39. The molecule has 0 aliphatic rings. The summed E-state index contributed by atoms with van der Waals surface area (Å²) in [7, 11) is -2.47. The van der Waals surface area contributed by atoms with Gasteiger partial charge in [0.15, 0.2) is 0 Å². The highest BCUT2D eigenvalue weighted by Gasteiger charge is 2.16. The zero-order valence-corrected chi connectivity index (χ0v) is 14.1. The van der Waals surface area contributed by atoms with Gasteiger partial charge in [-0.15, -0.1) is 0 Å². The predicted molar refractivity (Wildman–Crippen MR) is 85.5 cm³/mol. The van der Waals surface area contributed by atoms with Crippen LogP contribution in [0.15, 0.2) is 24.3 Å². The number of hydrogen-bond acceptors (Lipinski definition) is 4. The molecule has 2 amide bonds. The van der Waals surface area contributed by atoms with Gasteiger partial charge in [-0.3, -0.25) is 14.8 Å². The third-order valence-corrected chi connectivity index (χ3v) is 4.03. The molecule has 0 saturated carbocycles. The summed E-state index contributed by atoms with van der Waals surface area (Å²) >= 11 is 0. The highest BCUT2D eigenvalue weighted by molar-refractivity contribution is 7.63. The molecule has 0 spiro atoms. The van der Waals surface area contributed by atoms with Crippen LogP contribution in [0.5, 0.6) is 0 Å². The number of carbonyl (C=O) groups excluding carboxylic acids is 2. The van der Waals surface area contributed by atoms with Crippen molar-refractivity contribution in [2.75, 3.05) is 26.0 Å². The molecular formula is C15H23N2O4P. The standard InChI is InChI=1S/C15H23N2O4P/c1-4-12-6-5-7-13(8-12)10-17(20)15(19)9-16-14(18)11-22(2,3)21/h5-8,20H,4,9-11H2,1-3H3,(H,16,18). The Morgan fingerprint density at radius 1 is 1.27 bits per heavy atom. The highest BCUT2D eigenvalue weighted by atomic mass is 31.2. The second kappa shape index (κ2) is 8.11. The largest absolute Gasteiger partial charge is 0.347 e. The van der Waals surface area contributed by atoms with E-state index in [1.807, 2.05) is 31.2 Å². The monoisotopic (exact) mass is 326 g/mol. The zero-order valence-electron chi connectivity index (χ0n) is 13.2. The number of nitrogens with zero attached hydrogens (tertiary/aromatic N) is 1. The van der Waals surface area contributed by atoms with Crippen molar-refractivity contribution in [1.29, 1.82) is 0 Å². The third kappa shape index (κ3) is 6.87. The summed E-state index contributed by atoms with van der Waals surface area (Å²) in [6, 6.07) is 7.58. The van der Waals surface area contributed by atoms with Gasteiger partial charge in [-0.1, -0.05) is 31.2 Å². The molecule has 122 valence electrons. The molecule has 0 aliphatic heterocycles. The van der Waals surface area contributed by atoms with Gasteiger partial charge >= 0.3 is 0 Å². The van der Waals surface area contributed by atoms with E-state index in [4.69, 9.17) is 0 Å². The molecule has 0 aromatic heterocycles. The molecule has 6 nitrogen and oxygen atoms in total. The Morgan fingerprint density at radius 2 is 1.91 bits per heavy atom. The summed E-state index contributed by atoms with van der Waals surface area (Å²) in [5.41, 5.74) is 1.93. The van der Waals surface area contributed by atoms with Crippen LogP contribution in [0.4, 0.5) is 0 Å². The number of carbonyl (C=O) groups is 2. The quantitative estimate of drug-likeness (QED) is 0.454. The van der Waals surface area contributed by atoms with Gasteiger partial charge < -0.3 is 9.88 Å². The van der Waals surface area contributed by atoms with E-state index in [-0.39, 0.29) is 19.3 Å². The van der Waals surface area contributed by atoms with Gasteiger partial charge in [0.2, 0.25) is 5.91 Å². The molecule has 1 aromatic carbocycles. The minimum absolute atomic E-state index is 0.0581. The van der Waals surface area contributed by atoms with Gasteiger partial charge in [-0.2, -0.15) is 0 Å². The summed E-state index contributed by atoms with van der Waals surface area (Å²) in [5, 5.41) is 12.7.